The minimum Gasteiger partial charge on any atom is -0.382 e. The molecule has 0 aliphatic carbocycles. The van der Waals surface area contributed by atoms with Crippen LogP contribution in [0.2, 0.25) is 0 Å². The lowest BCUT2D eigenvalue weighted by molar-refractivity contribution is -0.184. The van der Waals surface area contributed by atoms with Crippen molar-refractivity contribution in [2.45, 2.75) is 48.9 Å². The van der Waals surface area contributed by atoms with Crippen molar-refractivity contribution in [1.82, 2.24) is 51.3 Å². The van der Waals surface area contributed by atoms with Gasteiger partial charge in [0.15, 0.2) is 35.1 Å². The molecule has 256 valence electrons. The first-order chi connectivity index (χ1) is 21.4. The highest BCUT2D eigenvalue weighted by Crippen LogP contribution is 2.58. The summed E-state index contributed by atoms with van der Waals surface area (Å²) in [6.45, 7) is -1.42. The van der Waals surface area contributed by atoms with Crippen LogP contribution in [0.1, 0.15) is 18.9 Å². The maximum Gasteiger partial charge on any atom is 0.472 e. The van der Waals surface area contributed by atoms with Gasteiger partial charge in [-0.2, -0.15) is 4.98 Å². The molecule has 2 unspecified atom stereocenters. The molecule has 0 spiro atoms. The first-order valence-corrected chi connectivity index (χ1v) is 16.3. The Morgan fingerprint density at radius 2 is 1.66 bits per heavy atom. The van der Waals surface area contributed by atoms with Crippen LogP contribution in [0.4, 0.5) is 11.8 Å². The number of fused-ring (bicyclic) bond motifs is 4. The minimum atomic E-state index is -4.91. The maximum atomic E-state index is 13.4. The average molecular weight is 704 g/mol. The molecule has 8 rings (SSSR count). The van der Waals surface area contributed by atoms with Crippen molar-refractivity contribution >= 4 is 49.7 Å². The standard InChI is InChI=1S/C21H24N10O12P2.2H3N/c22-14-10-15(25-5-24-14)30(6-26-10)19-12-13-21(41-19,3-37-12)4-39-45(35,36)42-9-1-8(2-38-44(33,34)43-13)40-18(9)31-7-27-11-16(31)28-20(23)29-17(11)32;;/h5-9,12-13,18-19H,1-4H2,(H,33,34)(H,35,36)(H2,22,24,25)(H3,23,28,29,32);2*1H3/t8-,9+,12+,13-,18+,19+,21+;;/m0../s1. The van der Waals surface area contributed by atoms with Gasteiger partial charge >= 0.3 is 15.6 Å². The first kappa shape index (κ1) is 33.4. The SMILES string of the molecule is N.N.Nc1nc2c(ncn2[C@@H]2O[C@@H]3COP(=O)(O)O[C@H]4[C@H]5OC[C@]4(COP(=O)(O)O[C@@H]2C3)O[C@H]5n2cnc3c(N)ncnc32)c(=O)[nH]1. The minimum absolute atomic E-state index is 0. The molecule has 0 saturated carbocycles. The van der Waals surface area contributed by atoms with E-state index in [9.17, 15) is 23.7 Å². The monoisotopic (exact) mass is 704 g/mol. The Morgan fingerprint density at radius 1 is 0.936 bits per heavy atom. The van der Waals surface area contributed by atoms with Crippen LogP contribution in [0.25, 0.3) is 22.3 Å². The van der Waals surface area contributed by atoms with E-state index in [0.29, 0.717) is 0 Å². The molecule has 4 aliphatic rings. The highest BCUT2D eigenvalue weighted by molar-refractivity contribution is 7.47. The third-order valence-corrected chi connectivity index (χ3v) is 9.88. The Morgan fingerprint density at radius 3 is 2.45 bits per heavy atom. The van der Waals surface area contributed by atoms with Gasteiger partial charge in [0.1, 0.15) is 35.8 Å². The maximum absolute atomic E-state index is 13.4. The lowest BCUT2D eigenvalue weighted by atomic mass is 10.0. The molecule has 4 saturated heterocycles. The summed E-state index contributed by atoms with van der Waals surface area (Å²) < 4.78 is 69.4. The average Bonchev–Trinajstić information content (AvgIpc) is 3.79. The fraction of sp³-hybridized carbons (Fsp3) is 0.524. The number of anilines is 2. The Bertz CT molecular complexity index is 1990. The van der Waals surface area contributed by atoms with E-state index in [-0.39, 0.29) is 59.4 Å². The molecule has 13 N–H and O–H groups in total. The third kappa shape index (κ3) is 5.51. The van der Waals surface area contributed by atoms with Gasteiger partial charge in [-0.15, -0.1) is 0 Å². The molecule has 4 aromatic heterocycles. The van der Waals surface area contributed by atoms with E-state index in [1.165, 1.54) is 28.1 Å². The molecule has 24 nitrogen and oxygen atoms in total. The number of nitrogen functional groups attached to an aromatic ring is 2. The van der Waals surface area contributed by atoms with Gasteiger partial charge in [0, 0.05) is 6.42 Å². The molecule has 0 amide bonds. The second-order valence-corrected chi connectivity index (χ2v) is 13.6. The van der Waals surface area contributed by atoms with Gasteiger partial charge in [-0.1, -0.05) is 0 Å². The largest absolute Gasteiger partial charge is 0.472 e. The van der Waals surface area contributed by atoms with Gasteiger partial charge in [0.25, 0.3) is 5.56 Å². The number of nitrogens with zero attached hydrogens (tertiary/aromatic N) is 7. The number of aromatic nitrogens is 8. The van der Waals surface area contributed by atoms with E-state index < -0.39 is 76.9 Å². The molecule has 26 heteroatoms. The van der Waals surface area contributed by atoms with Crippen LogP contribution >= 0.6 is 15.6 Å². The van der Waals surface area contributed by atoms with Gasteiger partial charge < -0.3 is 47.8 Å². The van der Waals surface area contributed by atoms with Gasteiger partial charge in [-0.25, -0.2) is 29.1 Å². The van der Waals surface area contributed by atoms with Crippen LogP contribution < -0.4 is 29.3 Å². The number of phosphoric ester groups is 2. The number of H-pyrrole nitrogens is 1. The second-order valence-electron chi connectivity index (χ2n) is 10.8. The normalized spacial score (nSPS) is 37.0. The molecule has 9 atom stereocenters. The van der Waals surface area contributed by atoms with E-state index in [1.807, 2.05) is 0 Å². The Balaban J connectivity index is 0.00000193. The van der Waals surface area contributed by atoms with Crippen LogP contribution in [0.5, 0.6) is 0 Å². The number of aromatic amines is 1. The van der Waals surface area contributed by atoms with Gasteiger partial charge in [-0.05, 0) is 0 Å². The zero-order valence-electron chi connectivity index (χ0n) is 24.1. The number of rotatable bonds is 2. The third-order valence-electron chi connectivity index (χ3n) is 7.92. The van der Waals surface area contributed by atoms with Crippen molar-refractivity contribution in [3.8, 4) is 0 Å². The molecule has 47 heavy (non-hydrogen) atoms. The van der Waals surface area contributed by atoms with Gasteiger partial charge in [0.2, 0.25) is 5.95 Å². The smallest absolute Gasteiger partial charge is 0.382 e. The Labute approximate surface area is 262 Å². The van der Waals surface area contributed by atoms with Crippen molar-refractivity contribution in [3.63, 3.8) is 0 Å². The number of phosphoric acid groups is 2. The summed E-state index contributed by atoms with van der Waals surface area (Å²) in [5.41, 5.74) is 9.78. The molecule has 0 aromatic carbocycles. The Kier molecular flexibility index (Phi) is 8.24. The highest BCUT2D eigenvalue weighted by Gasteiger charge is 2.66. The summed E-state index contributed by atoms with van der Waals surface area (Å²) in [6.07, 6.45) is -3.07. The second kappa shape index (κ2) is 11.6. The van der Waals surface area contributed by atoms with E-state index >= 15 is 0 Å². The van der Waals surface area contributed by atoms with Crippen molar-refractivity contribution in [3.05, 3.63) is 29.3 Å². The molecule has 0 radical (unpaired) electrons. The summed E-state index contributed by atoms with van der Waals surface area (Å²) in [4.78, 5) is 56.7. The zero-order valence-corrected chi connectivity index (χ0v) is 25.9. The fourth-order valence-corrected chi connectivity index (χ4v) is 7.96. The fourth-order valence-electron chi connectivity index (χ4n) is 5.97. The van der Waals surface area contributed by atoms with Crippen molar-refractivity contribution < 1.29 is 51.2 Å². The van der Waals surface area contributed by atoms with Crippen LogP contribution in [-0.2, 0) is 41.4 Å². The van der Waals surface area contributed by atoms with Crippen LogP contribution in [-0.4, -0.2) is 98.7 Å². The lowest BCUT2D eigenvalue weighted by Gasteiger charge is -2.32. The van der Waals surface area contributed by atoms with Gasteiger partial charge in [-0.3, -0.25) is 37.0 Å². The van der Waals surface area contributed by atoms with Crippen LogP contribution in [0.15, 0.2) is 23.8 Å². The molecule has 4 aromatic rings. The summed E-state index contributed by atoms with van der Waals surface area (Å²) in [7, 11) is -9.76. The highest BCUT2D eigenvalue weighted by atomic mass is 31.2. The van der Waals surface area contributed by atoms with Crippen molar-refractivity contribution in [2.24, 2.45) is 0 Å². The predicted octanol–water partition coefficient (Wildman–Crippen LogP) is -0.580. The number of hydrogen-bond donors (Lipinski definition) is 7. The van der Waals surface area contributed by atoms with E-state index in [2.05, 4.69) is 29.9 Å². The van der Waals surface area contributed by atoms with Crippen LogP contribution in [0, 0.1) is 0 Å². The zero-order chi connectivity index (χ0) is 31.3. The number of nitrogens with two attached hydrogens (primary N) is 2. The first-order valence-electron chi connectivity index (χ1n) is 13.3. The predicted molar refractivity (Wildman–Crippen MR) is 155 cm³/mol. The molecular weight excluding hydrogens is 674 g/mol. The lowest BCUT2D eigenvalue weighted by Crippen LogP contribution is -2.45. The van der Waals surface area contributed by atoms with E-state index in [1.54, 1.807) is 0 Å². The van der Waals surface area contributed by atoms with Crippen molar-refractivity contribution in [2.75, 3.05) is 31.3 Å². The van der Waals surface area contributed by atoms with Crippen LogP contribution in [0.3, 0.4) is 0 Å². The topological polar surface area (TPSA) is 368 Å². The van der Waals surface area contributed by atoms with Gasteiger partial charge in [0.05, 0.1) is 38.6 Å². The summed E-state index contributed by atoms with van der Waals surface area (Å²) in [6, 6.07) is 0. The molecule has 8 heterocycles. The molecule has 4 bridgehead atoms. The molecule has 4 aliphatic heterocycles. The van der Waals surface area contributed by atoms with E-state index in [4.69, 9.17) is 43.8 Å². The summed E-state index contributed by atoms with van der Waals surface area (Å²) in [5.74, 6) is -0.0960. The molecule has 4 fully saturated rings. The van der Waals surface area contributed by atoms with Crippen molar-refractivity contribution in [1.29, 1.82) is 0 Å². The number of nitrogens with one attached hydrogen (secondary N) is 1. The quantitative estimate of drug-likeness (QED) is 0.128. The number of ether oxygens (including phenoxy) is 3. The summed E-state index contributed by atoms with van der Waals surface area (Å²) >= 11 is 0. The number of hydrogen-bond acceptors (Lipinski definition) is 19. The Hall–Kier alpha value is -3.48. The van der Waals surface area contributed by atoms with E-state index in [0.717, 1.165) is 0 Å². The summed E-state index contributed by atoms with van der Waals surface area (Å²) in [5, 5.41) is 0. The molecular formula is C21H30N12O12P2. The number of imidazole rings is 2.